The molecule has 0 spiro atoms. The van der Waals surface area contributed by atoms with Gasteiger partial charge in [0.15, 0.2) is 4.67 Å². The maximum Gasteiger partial charge on any atom is 0.410 e. The molecule has 2 rings (SSSR count). The summed E-state index contributed by atoms with van der Waals surface area (Å²) in [7, 11) is 0. The first kappa shape index (κ1) is 16.4. The fourth-order valence-corrected chi connectivity index (χ4v) is 2.68. The Balaban J connectivity index is 1.69. The van der Waals surface area contributed by atoms with Crippen LogP contribution in [-0.2, 0) is 11.3 Å². The van der Waals surface area contributed by atoms with Gasteiger partial charge in [0, 0.05) is 19.6 Å². The van der Waals surface area contributed by atoms with E-state index >= 15 is 0 Å². The van der Waals surface area contributed by atoms with Crippen LogP contribution in [0.25, 0.3) is 0 Å². The predicted molar refractivity (Wildman–Crippen MR) is 84.0 cm³/mol. The second kappa shape index (κ2) is 6.83. The molecule has 1 saturated heterocycles. The molecule has 5 nitrogen and oxygen atoms in total. The highest BCUT2D eigenvalue weighted by molar-refractivity contribution is 9.10. The SMILES string of the molecule is CC(C)(C)OC(=O)N1CCC(CNCc2ccc(Br)o2)C1. The van der Waals surface area contributed by atoms with E-state index in [2.05, 4.69) is 21.2 Å². The lowest BCUT2D eigenvalue weighted by Crippen LogP contribution is -2.36. The number of carbonyl (C=O) groups excluding carboxylic acids is 1. The van der Waals surface area contributed by atoms with E-state index in [-0.39, 0.29) is 6.09 Å². The largest absolute Gasteiger partial charge is 0.453 e. The molecule has 1 amide bonds. The molecule has 1 aliphatic heterocycles. The van der Waals surface area contributed by atoms with E-state index in [1.54, 1.807) is 4.90 Å². The number of ether oxygens (including phenoxy) is 1. The summed E-state index contributed by atoms with van der Waals surface area (Å²) < 4.78 is 11.6. The second-order valence-corrected chi connectivity index (χ2v) is 7.20. The summed E-state index contributed by atoms with van der Waals surface area (Å²) in [4.78, 5) is 13.8. The van der Waals surface area contributed by atoms with Gasteiger partial charge >= 0.3 is 6.09 Å². The van der Waals surface area contributed by atoms with Crippen molar-refractivity contribution in [3.63, 3.8) is 0 Å². The highest BCUT2D eigenvalue weighted by Gasteiger charge is 2.29. The molecule has 1 unspecified atom stereocenters. The molecule has 1 atom stereocenters. The normalized spacial score (nSPS) is 19.0. The molecule has 0 saturated carbocycles. The van der Waals surface area contributed by atoms with E-state index in [0.717, 1.165) is 36.5 Å². The molecule has 1 N–H and O–H groups in total. The topological polar surface area (TPSA) is 54.7 Å². The molecule has 6 heteroatoms. The van der Waals surface area contributed by atoms with Crippen molar-refractivity contribution in [1.82, 2.24) is 10.2 Å². The number of nitrogens with zero attached hydrogens (tertiary/aromatic N) is 1. The molecule has 0 radical (unpaired) electrons. The zero-order valence-corrected chi connectivity index (χ0v) is 14.4. The first-order valence-corrected chi connectivity index (χ1v) is 8.05. The van der Waals surface area contributed by atoms with Crippen LogP contribution in [-0.4, -0.2) is 36.2 Å². The molecule has 0 bridgehead atoms. The predicted octanol–water partition coefficient (Wildman–Crippen LogP) is 3.39. The maximum absolute atomic E-state index is 12.0. The average molecular weight is 359 g/mol. The van der Waals surface area contributed by atoms with Gasteiger partial charge in [0.25, 0.3) is 0 Å². The van der Waals surface area contributed by atoms with Crippen LogP contribution < -0.4 is 5.32 Å². The van der Waals surface area contributed by atoms with Gasteiger partial charge in [-0.15, -0.1) is 0 Å². The summed E-state index contributed by atoms with van der Waals surface area (Å²) in [6.45, 7) is 8.77. The smallest absolute Gasteiger partial charge is 0.410 e. The van der Waals surface area contributed by atoms with Crippen molar-refractivity contribution >= 4 is 22.0 Å². The van der Waals surface area contributed by atoms with E-state index in [9.17, 15) is 4.79 Å². The number of amides is 1. The number of hydrogen-bond acceptors (Lipinski definition) is 4. The third-order valence-corrected chi connectivity index (χ3v) is 3.72. The quantitative estimate of drug-likeness (QED) is 0.896. The Hall–Kier alpha value is -1.01. The molecule has 1 aromatic rings. The van der Waals surface area contributed by atoms with Crippen molar-refractivity contribution in [3.8, 4) is 0 Å². The van der Waals surface area contributed by atoms with Crippen LogP contribution in [0.1, 0.15) is 33.0 Å². The van der Waals surface area contributed by atoms with E-state index < -0.39 is 5.60 Å². The summed E-state index contributed by atoms with van der Waals surface area (Å²) in [6, 6.07) is 3.83. The van der Waals surface area contributed by atoms with Crippen molar-refractivity contribution < 1.29 is 13.9 Å². The molecular weight excluding hydrogens is 336 g/mol. The van der Waals surface area contributed by atoms with Crippen LogP contribution in [0.5, 0.6) is 0 Å². The Morgan fingerprint density at radius 1 is 1.52 bits per heavy atom. The van der Waals surface area contributed by atoms with Crippen molar-refractivity contribution in [2.45, 2.75) is 39.3 Å². The highest BCUT2D eigenvalue weighted by Crippen LogP contribution is 2.19. The van der Waals surface area contributed by atoms with Crippen LogP contribution in [0.15, 0.2) is 21.2 Å². The van der Waals surface area contributed by atoms with Gasteiger partial charge < -0.3 is 19.4 Å². The number of hydrogen-bond donors (Lipinski definition) is 1. The minimum Gasteiger partial charge on any atom is -0.453 e. The Morgan fingerprint density at radius 3 is 2.90 bits per heavy atom. The van der Waals surface area contributed by atoms with E-state index in [0.29, 0.717) is 12.5 Å². The van der Waals surface area contributed by atoms with E-state index in [4.69, 9.17) is 9.15 Å². The monoisotopic (exact) mass is 358 g/mol. The van der Waals surface area contributed by atoms with Crippen LogP contribution in [0, 0.1) is 5.92 Å². The Bertz CT molecular complexity index is 482. The summed E-state index contributed by atoms with van der Waals surface area (Å²) in [5, 5.41) is 3.37. The van der Waals surface area contributed by atoms with Crippen molar-refractivity contribution in [1.29, 1.82) is 0 Å². The zero-order valence-electron chi connectivity index (χ0n) is 12.8. The number of halogens is 1. The van der Waals surface area contributed by atoms with Crippen LogP contribution in [0.2, 0.25) is 0 Å². The third kappa shape index (κ3) is 5.36. The average Bonchev–Trinajstić information content (AvgIpc) is 2.97. The fourth-order valence-electron chi connectivity index (χ4n) is 2.34. The standard InChI is InChI=1S/C15H23BrN2O3/c1-15(2,3)21-14(19)18-7-6-11(10-18)8-17-9-12-4-5-13(16)20-12/h4-5,11,17H,6-10H2,1-3H3. The lowest BCUT2D eigenvalue weighted by Gasteiger charge is -2.24. The lowest BCUT2D eigenvalue weighted by atomic mass is 10.1. The van der Waals surface area contributed by atoms with Gasteiger partial charge in [-0.25, -0.2) is 4.79 Å². The second-order valence-electron chi connectivity index (χ2n) is 6.42. The zero-order chi connectivity index (χ0) is 15.5. The third-order valence-electron chi connectivity index (χ3n) is 3.30. The van der Waals surface area contributed by atoms with Crippen molar-refractivity contribution in [2.75, 3.05) is 19.6 Å². The molecular formula is C15H23BrN2O3. The van der Waals surface area contributed by atoms with Gasteiger partial charge in [0.05, 0.1) is 6.54 Å². The number of furan rings is 1. The number of carbonyl (C=O) groups is 1. The van der Waals surface area contributed by atoms with Gasteiger partial charge in [-0.2, -0.15) is 0 Å². The van der Waals surface area contributed by atoms with Gasteiger partial charge in [-0.1, -0.05) is 0 Å². The van der Waals surface area contributed by atoms with Crippen molar-refractivity contribution in [3.05, 3.63) is 22.6 Å². The molecule has 0 aliphatic carbocycles. The van der Waals surface area contributed by atoms with Gasteiger partial charge in [0.2, 0.25) is 0 Å². The lowest BCUT2D eigenvalue weighted by molar-refractivity contribution is 0.0288. The van der Waals surface area contributed by atoms with Crippen LogP contribution >= 0.6 is 15.9 Å². The van der Waals surface area contributed by atoms with E-state index in [1.807, 2.05) is 32.9 Å². The molecule has 21 heavy (non-hydrogen) atoms. The minimum absolute atomic E-state index is 0.208. The fraction of sp³-hybridized carbons (Fsp3) is 0.667. The summed E-state index contributed by atoms with van der Waals surface area (Å²) in [5.74, 6) is 1.37. The van der Waals surface area contributed by atoms with E-state index in [1.165, 1.54) is 0 Å². The molecule has 2 heterocycles. The van der Waals surface area contributed by atoms with Gasteiger partial charge in [0.1, 0.15) is 11.4 Å². The first-order chi connectivity index (χ1) is 9.83. The van der Waals surface area contributed by atoms with Gasteiger partial charge in [-0.05, 0) is 61.2 Å². The molecule has 118 valence electrons. The Morgan fingerprint density at radius 2 is 2.29 bits per heavy atom. The maximum atomic E-state index is 12.0. The van der Waals surface area contributed by atoms with Crippen molar-refractivity contribution in [2.24, 2.45) is 5.92 Å². The highest BCUT2D eigenvalue weighted by atomic mass is 79.9. The number of nitrogens with one attached hydrogen (secondary N) is 1. The van der Waals surface area contributed by atoms with Crippen LogP contribution in [0.3, 0.4) is 0 Å². The number of rotatable bonds is 4. The van der Waals surface area contributed by atoms with Gasteiger partial charge in [-0.3, -0.25) is 0 Å². The Kier molecular flexibility index (Phi) is 5.32. The molecule has 1 aliphatic rings. The molecule has 1 fully saturated rings. The number of likely N-dealkylation sites (tertiary alicyclic amines) is 1. The first-order valence-electron chi connectivity index (χ1n) is 7.26. The molecule has 0 aromatic carbocycles. The summed E-state index contributed by atoms with van der Waals surface area (Å²) in [6.07, 6.45) is 0.800. The molecule has 1 aromatic heterocycles. The Labute approximate surface area is 134 Å². The minimum atomic E-state index is -0.430. The summed E-state index contributed by atoms with van der Waals surface area (Å²) >= 11 is 3.29. The summed E-state index contributed by atoms with van der Waals surface area (Å²) in [5.41, 5.74) is -0.430. The van der Waals surface area contributed by atoms with Crippen LogP contribution in [0.4, 0.5) is 4.79 Å².